The molecule has 0 aliphatic rings. The van der Waals surface area contributed by atoms with Crippen LogP contribution in [0.3, 0.4) is 0 Å². The summed E-state index contributed by atoms with van der Waals surface area (Å²) in [5.74, 6) is 1.42. The number of likely N-dealkylation sites (N-methyl/N-ethyl adjacent to an activating group) is 1. The first-order valence-electron chi connectivity index (χ1n) is 8.46. The fraction of sp³-hybridized carbons (Fsp3) is 0.389. The molecule has 146 valence electrons. The number of aryl methyl sites for hydroxylation is 1. The van der Waals surface area contributed by atoms with E-state index in [1.807, 2.05) is 37.4 Å². The number of amides is 1. The predicted molar refractivity (Wildman–Crippen MR) is 115 cm³/mol. The fourth-order valence-corrected chi connectivity index (χ4v) is 3.60. The number of halogens is 1. The molecule has 0 radical (unpaired) electrons. The van der Waals surface area contributed by atoms with Crippen molar-refractivity contribution in [2.75, 3.05) is 32.9 Å². The zero-order valence-corrected chi connectivity index (χ0v) is 18.0. The van der Waals surface area contributed by atoms with Gasteiger partial charge in [0.1, 0.15) is 11.6 Å². The van der Waals surface area contributed by atoms with Crippen LogP contribution in [-0.2, 0) is 11.3 Å². The summed E-state index contributed by atoms with van der Waals surface area (Å²) in [6.45, 7) is 3.42. The Bertz CT molecular complexity index is 761. The van der Waals surface area contributed by atoms with Crippen molar-refractivity contribution in [3.05, 3.63) is 45.4 Å². The third-order valence-corrected chi connectivity index (χ3v) is 5.60. The van der Waals surface area contributed by atoms with Gasteiger partial charge in [0.25, 0.3) is 0 Å². The largest absolute Gasteiger partial charge is 0.356 e. The third-order valence-electron chi connectivity index (χ3n) is 3.42. The summed E-state index contributed by atoms with van der Waals surface area (Å²) in [5, 5.41) is 8.23. The summed E-state index contributed by atoms with van der Waals surface area (Å²) in [4.78, 5) is 24.4. The molecule has 0 spiro atoms. The zero-order valence-electron chi connectivity index (χ0n) is 15.7. The van der Waals surface area contributed by atoms with Crippen LogP contribution in [0.5, 0.6) is 0 Å². The standard InChI is InChI=1S/C18H24ClN5OS2/c1-13-10-21-16(27-13)11-22-18(23-12-17(25)24(2)3)20-8-9-26-15-6-4-14(19)5-7-15/h4-7,10H,8-9,11-12H2,1-3H3,(H2,20,22,23). The highest BCUT2D eigenvalue weighted by Crippen LogP contribution is 2.19. The number of rotatable bonds is 8. The highest BCUT2D eigenvalue weighted by Gasteiger charge is 2.06. The summed E-state index contributed by atoms with van der Waals surface area (Å²) < 4.78 is 0. The molecule has 0 bridgehead atoms. The van der Waals surface area contributed by atoms with Gasteiger partial charge >= 0.3 is 0 Å². The van der Waals surface area contributed by atoms with E-state index in [0.717, 1.165) is 20.7 Å². The molecule has 0 aliphatic heterocycles. The first kappa shape index (κ1) is 21.5. The van der Waals surface area contributed by atoms with Gasteiger partial charge in [-0.25, -0.2) is 9.98 Å². The van der Waals surface area contributed by atoms with Gasteiger partial charge in [-0.3, -0.25) is 4.79 Å². The minimum Gasteiger partial charge on any atom is -0.356 e. The molecule has 9 heteroatoms. The molecule has 1 amide bonds. The molecule has 0 aliphatic carbocycles. The lowest BCUT2D eigenvalue weighted by atomic mass is 10.4. The molecule has 2 aromatic rings. The summed E-state index contributed by atoms with van der Waals surface area (Å²) in [5.41, 5.74) is 0. The molecule has 2 rings (SSSR count). The SMILES string of the molecule is Cc1cnc(CNC(=NCC(=O)N(C)C)NCCSc2ccc(Cl)cc2)s1. The van der Waals surface area contributed by atoms with Crippen LogP contribution < -0.4 is 10.6 Å². The highest BCUT2D eigenvalue weighted by molar-refractivity contribution is 7.99. The van der Waals surface area contributed by atoms with Gasteiger partial charge in [-0.05, 0) is 31.2 Å². The van der Waals surface area contributed by atoms with E-state index < -0.39 is 0 Å². The van der Waals surface area contributed by atoms with E-state index in [-0.39, 0.29) is 12.5 Å². The summed E-state index contributed by atoms with van der Waals surface area (Å²) in [6.07, 6.45) is 1.85. The summed E-state index contributed by atoms with van der Waals surface area (Å²) in [7, 11) is 3.44. The number of nitrogens with zero attached hydrogens (tertiary/aromatic N) is 3. The number of nitrogens with one attached hydrogen (secondary N) is 2. The average molecular weight is 426 g/mol. The molecule has 0 fully saturated rings. The van der Waals surface area contributed by atoms with Crippen molar-refractivity contribution in [1.29, 1.82) is 0 Å². The van der Waals surface area contributed by atoms with Gasteiger partial charge in [0.15, 0.2) is 5.96 Å². The Morgan fingerprint density at radius 3 is 2.67 bits per heavy atom. The van der Waals surface area contributed by atoms with Gasteiger partial charge in [-0.2, -0.15) is 0 Å². The monoisotopic (exact) mass is 425 g/mol. The fourth-order valence-electron chi connectivity index (χ4n) is 1.97. The van der Waals surface area contributed by atoms with Gasteiger partial charge in [0.05, 0.1) is 6.54 Å². The lowest BCUT2D eigenvalue weighted by Crippen LogP contribution is -2.39. The smallest absolute Gasteiger partial charge is 0.243 e. The van der Waals surface area contributed by atoms with Crippen LogP contribution in [-0.4, -0.2) is 54.7 Å². The molecule has 0 atom stereocenters. The van der Waals surface area contributed by atoms with Gasteiger partial charge in [-0.15, -0.1) is 23.1 Å². The lowest BCUT2D eigenvalue weighted by Gasteiger charge is -2.13. The maximum Gasteiger partial charge on any atom is 0.243 e. The van der Waals surface area contributed by atoms with Gasteiger partial charge in [0, 0.05) is 47.4 Å². The first-order chi connectivity index (χ1) is 12.9. The Morgan fingerprint density at radius 1 is 1.30 bits per heavy atom. The van der Waals surface area contributed by atoms with E-state index in [1.165, 1.54) is 9.78 Å². The Balaban J connectivity index is 1.85. The van der Waals surface area contributed by atoms with Crippen LogP contribution in [0.1, 0.15) is 9.88 Å². The van der Waals surface area contributed by atoms with Gasteiger partial charge < -0.3 is 15.5 Å². The summed E-state index contributed by atoms with van der Waals surface area (Å²) >= 11 is 9.27. The number of hydrogen-bond acceptors (Lipinski definition) is 5. The Hall–Kier alpha value is -1.77. The lowest BCUT2D eigenvalue weighted by molar-refractivity contribution is -0.127. The van der Waals surface area contributed by atoms with E-state index in [2.05, 4.69) is 20.6 Å². The number of hydrogen-bond donors (Lipinski definition) is 2. The van der Waals surface area contributed by atoms with Gasteiger partial charge in [-0.1, -0.05) is 11.6 Å². The Kier molecular flexibility index (Phi) is 8.90. The summed E-state index contributed by atoms with van der Waals surface area (Å²) in [6, 6.07) is 7.77. The minimum absolute atomic E-state index is 0.0447. The van der Waals surface area contributed by atoms with Crippen molar-refractivity contribution in [1.82, 2.24) is 20.5 Å². The van der Waals surface area contributed by atoms with Crippen LogP contribution in [0.25, 0.3) is 0 Å². The van der Waals surface area contributed by atoms with Crippen molar-refractivity contribution >= 4 is 46.6 Å². The van der Waals surface area contributed by atoms with Crippen molar-refractivity contribution in [3.63, 3.8) is 0 Å². The number of carbonyl (C=O) groups is 1. The number of aliphatic imine (C=N–C) groups is 1. The zero-order chi connectivity index (χ0) is 19.6. The number of carbonyl (C=O) groups excluding carboxylic acids is 1. The van der Waals surface area contributed by atoms with Crippen LogP contribution in [0.2, 0.25) is 5.02 Å². The average Bonchev–Trinajstić information content (AvgIpc) is 3.06. The van der Waals surface area contributed by atoms with Gasteiger partial charge in [0.2, 0.25) is 5.91 Å². The molecule has 0 saturated carbocycles. The second-order valence-electron chi connectivity index (χ2n) is 5.90. The molecule has 1 aromatic heterocycles. The molecular formula is C18H24ClN5OS2. The van der Waals surface area contributed by atoms with Crippen LogP contribution in [0.4, 0.5) is 0 Å². The number of benzene rings is 1. The molecule has 1 heterocycles. The molecule has 6 nitrogen and oxygen atoms in total. The van der Waals surface area contributed by atoms with Crippen LogP contribution in [0.15, 0.2) is 40.4 Å². The van der Waals surface area contributed by atoms with Crippen LogP contribution >= 0.6 is 34.7 Å². The molecule has 0 saturated heterocycles. The quantitative estimate of drug-likeness (QED) is 0.294. The second-order valence-corrected chi connectivity index (χ2v) is 8.82. The molecule has 27 heavy (non-hydrogen) atoms. The van der Waals surface area contributed by atoms with E-state index in [0.29, 0.717) is 19.0 Å². The highest BCUT2D eigenvalue weighted by atomic mass is 35.5. The minimum atomic E-state index is -0.0447. The number of guanidine groups is 1. The molecule has 0 unspecified atom stereocenters. The van der Waals surface area contributed by atoms with E-state index in [4.69, 9.17) is 11.6 Å². The first-order valence-corrected chi connectivity index (χ1v) is 10.6. The van der Waals surface area contributed by atoms with Crippen molar-refractivity contribution in [2.24, 2.45) is 4.99 Å². The number of thiazole rings is 1. The molecule has 1 aromatic carbocycles. The number of thioether (sulfide) groups is 1. The van der Waals surface area contributed by atoms with E-state index in [9.17, 15) is 4.79 Å². The maximum absolute atomic E-state index is 11.8. The maximum atomic E-state index is 11.8. The number of aromatic nitrogens is 1. The second kappa shape index (κ2) is 11.2. The Morgan fingerprint density at radius 2 is 2.04 bits per heavy atom. The molecular weight excluding hydrogens is 402 g/mol. The van der Waals surface area contributed by atoms with E-state index in [1.54, 1.807) is 37.2 Å². The topological polar surface area (TPSA) is 69.6 Å². The van der Waals surface area contributed by atoms with Crippen LogP contribution in [0, 0.1) is 6.92 Å². The Labute approximate surface area is 173 Å². The predicted octanol–water partition coefficient (Wildman–Crippen LogP) is 3.02. The van der Waals surface area contributed by atoms with Crippen molar-refractivity contribution in [2.45, 2.75) is 18.4 Å². The van der Waals surface area contributed by atoms with E-state index >= 15 is 0 Å². The van der Waals surface area contributed by atoms with Crippen molar-refractivity contribution < 1.29 is 4.79 Å². The molecule has 2 N–H and O–H groups in total. The van der Waals surface area contributed by atoms with Crippen molar-refractivity contribution in [3.8, 4) is 0 Å². The third kappa shape index (κ3) is 8.19. The normalized spacial score (nSPS) is 11.3.